The number of aromatic nitrogens is 4. The molecule has 3 heterocycles. The Labute approximate surface area is 167 Å². The summed E-state index contributed by atoms with van der Waals surface area (Å²) in [4.78, 5) is 20.5. The summed E-state index contributed by atoms with van der Waals surface area (Å²) >= 11 is 0. The summed E-state index contributed by atoms with van der Waals surface area (Å²) in [6.07, 6.45) is 6.85. The molecule has 1 aromatic carbocycles. The summed E-state index contributed by atoms with van der Waals surface area (Å²) < 4.78 is 19.7. The summed E-state index contributed by atoms with van der Waals surface area (Å²) in [6.45, 7) is 0.734. The fraction of sp³-hybridized carbons (Fsp3) is 0.182. The van der Waals surface area contributed by atoms with E-state index in [1.807, 2.05) is 10.7 Å². The van der Waals surface area contributed by atoms with E-state index in [0.717, 1.165) is 35.9 Å². The highest BCUT2D eigenvalue weighted by atomic mass is 19.1. The highest BCUT2D eigenvalue weighted by molar-refractivity contribution is 5.90. The summed E-state index contributed by atoms with van der Waals surface area (Å²) in [6, 6.07) is 11.7. The molecule has 0 saturated heterocycles. The molecule has 0 radical (unpaired) electrons. The van der Waals surface area contributed by atoms with Crippen LogP contribution < -0.4 is 0 Å². The molecule has 0 aliphatic rings. The summed E-state index contributed by atoms with van der Waals surface area (Å²) in [5, 5.41) is 5.40. The average molecular weight is 390 g/mol. The average Bonchev–Trinajstić information content (AvgIpc) is 3.17. The number of halogens is 1. The van der Waals surface area contributed by atoms with Crippen LogP contribution in [-0.2, 0) is 17.7 Å². The van der Waals surface area contributed by atoms with Crippen LogP contribution in [0.25, 0.3) is 22.3 Å². The lowest BCUT2D eigenvalue weighted by molar-refractivity contribution is 0.0600. The number of esters is 1. The maximum Gasteiger partial charge on any atom is 0.337 e. The Morgan fingerprint density at radius 1 is 1.07 bits per heavy atom. The fourth-order valence-electron chi connectivity index (χ4n) is 3.19. The number of aryl methyl sites for hydroxylation is 2. The Kier molecular flexibility index (Phi) is 5.29. The number of carbonyl (C=O) groups is 1. The van der Waals surface area contributed by atoms with Crippen molar-refractivity contribution in [3.63, 3.8) is 0 Å². The zero-order valence-corrected chi connectivity index (χ0v) is 15.9. The first kappa shape index (κ1) is 18.7. The molecule has 0 aliphatic carbocycles. The molecule has 7 heteroatoms. The third kappa shape index (κ3) is 4.13. The van der Waals surface area contributed by atoms with Crippen molar-refractivity contribution in [1.82, 2.24) is 19.7 Å². The molecule has 0 N–H and O–H groups in total. The summed E-state index contributed by atoms with van der Waals surface area (Å²) in [5.74, 6) is -0.635. The molecule has 4 aromatic rings. The van der Waals surface area contributed by atoms with Gasteiger partial charge in [0.15, 0.2) is 0 Å². The van der Waals surface area contributed by atoms with E-state index >= 15 is 0 Å². The second kappa shape index (κ2) is 8.18. The van der Waals surface area contributed by atoms with E-state index in [-0.39, 0.29) is 5.82 Å². The van der Waals surface area contributed by atoms with E-state index < -0.39 is 5.97 Å². The maximum atomic E-state index is 13.0. The van der Waals surface area contributed by atoms with E-state index in [0.29, 0.717) is 17.0 Å². The molecule has 0 aliphatic heterocycles. The maximum absolute atomic E-state index is 13.0. The van der Waals surface area contributed by atoms with Crippen LogP contribution in [0.5, 0.6) is 0 Å². The van der Waals surface area contributed by atoms with E-state index in [4.69, 9.17) is 4.74 Å². The lowest BCUT2D eigenvalue weighted by atomic mass is 10.1. The predicted octanol–water partition coefficient (Wildman–Crippen LogP) is 4.05. The third-order valence-corrected chi connectivity index (χ3v) is 4.72. The standard InChI is InChI=1S/C22H19FN4O2/c1-29-22(28)16-8-9-24-19(11-16)20-12-17-13-26-27(21(17)14-25-20)10-2-3-15-4-6-18(23)7-5-15/h4-9,11-14H,2-3,10H2,1H3. The second-order valence-electron chi connectivity index (χ2n) is 6.65. The van der Waals surface area contributed by atoms with E-state index in [2.05, 4.69) is 15.1 Å². The predicted molar refractivity (Wildman–Crippen MR) is 107 cm³/mol. The Hall–Kier alpha value is -3.61. The first-order valence-electron chi connectivity index (χ1n) is 9.25. The molecule has 3 aromatic heterocycles. The van der Waals surface area contributed by atoms with Crippen molar-refractivity contribution in [1.29, 1.82) is 0 Å². The minimum atomic E-state index is -0.413. The molecule has 0 atom stereocenters. The molecule has 4 rings (SSSR count). The summed E-state index contributed by atoms with van der Waals surface area (Å²) in [7, 11) is 1.34. The van der Waals surface area contributed by atoms with Crippen molar-refractivity contribution in [3.05, 3.63) is 78.0 Å². The van der Waals surface area contributed by atoms with Crippen LogP contribution in [0.15, 0.2) is 61.1 Å². The first-order chi connectivity index (χ1) is 14.1. The van der Waals surface area contributed by atoms with Crippen LogP contribution in [0.3, 0.4) is 0 Å². The van der Waals surface area contributed by atoms with Gasteiger partial charge in [0.05, 0.1) is 42.0 Å². The number of ether oxygens (including phenoxy) is 1. The van der Waals surface area contributed by atoms with Crippen molar-refractivity contribution in [2.24, 2.45) is 0 Å². The lowest BCUT2D eigenvalue weighted by Crippen LogP contribution is -2.02. The number of carbonyl (C=O) groups excluding carboxylic acids is 1. The number of nitrogens with zero attached hydrogens (tertiary/aromatic N) is 4. The molecule has 6 nitrogen and oxygen atoms in total. The van der Waals surface area contributed by atoms with Gasteiger partial charge in [-0.1, -0.05) is 12.1 Å². The number of hydrogen-bond donors (Lipinski definition) is 0. The molecular weight excluding hydrogens is 371 g/mol. The van der Waals surface area contributed by atoms with Gasteiger partial charge in [0.1, 0.15) is 5.82 Å². The van der Waals surface area contributed by atoms with Crippen LogP contribution in [0.2, 0.25) is 0 Å². The van der Waals surface area contributed by atoms with E-state index in [1.165, 1.54) is 19.2 Å². The second-order valence-corrected chi connectivity index (χ2v) is 6.65. The molecular formula is C22H19FN4O2. The number of methoxy groups -OCH3 is 1. The van der Waals surface area contributed by atoms with Crippen LogP contribution >= 0.6 is 0 Å². The Morgan fingerprint density at radius 2 is 1.86 bits per heavy atom. The van der Waals surface area contributed by atoms with E-state index in [1.54, 1.807) is 42.9 Å². The molecule has 0 bridgehead atoms. The molecule has 0 fully saturated rings. The van der Waals surface area contributed by atoms with Crippen LogP contribution in [0.1, 0.15) is 22.3 Å². The minimum Gasteiger partial charge on any atom is -0.465 e. The van der Waals surface area contributed by atoms with Gasteiger partial charge in [-0.3, -0.25) is 14.6 Å². The van der Waals surface area contributed by atoms with Crippen LogP contribution in [0, 0.1) is 5.82 Å². The topological polar surface area (TPSA) is 69.9 Å². The molecule has 0 unspecified atom stereocenters. The largest absolute Gasteiger partial charge is 0.465 e. The van der Waals surface area contributed by atoms with Gasteiger partial charge in [0.2, 0.25) is 0 Å². The molecule has 0 amide bonds. The number of benzene rings is 1. The zero-order valence-electron chi connectivity index (χ0n) is 15.9. The Bertz CT molecular complexity index is 1160. The molecule has 29 heavy (non-hydrogen) atoms. The van der Waals surface area contributed by atoms with Gasteiger partial charge in [-0.25, -0.2) is 9.18 Å². The van der Waals surface area contributed by atoms with Crippen LogP contribution in [0.4, 0.5) is 4.39 Å². The number of hydrogen-bond acceptors (Lipinski definition) is 5. The number of fused-ring (bicyclic) bond motifs is 1. The van der Waals surface area contributed by atoms with Crippen molar-refractivity contribution < 1.29 is 13.9 Å². The van der Waals surface area contributed by atoms with Gasteiger partial charge in [-0.2, -0.15) is 5.10 Å². The molecule has 0 saturated carbocycles. The highest BCUT2D eigenvalue weighted by Gasteiger charge is 2.11. The number of pyridine rings is 2. The highest BCUT2D eigenvalue weighted by Crippen LogP contribution is 2.21. The van der Waals surface area contributed by atoms with Gasteiger partial charge >= 0.3 is 5.97 Å². The van der Waals surface area contributed by atoms with Gasteiger partial charge in [-0.15, -0.1) is 0 Å². The minimum absolute atomic E-state index is 0.222. The van der Waals surface area contributed by atoms with Crippen molar-refractivity contribution in [2.45, 2.75) is 19.4 Å². The zero-order chi connectivity index (χ0) is 20.2. The first-order valence-corrected chi connectivity index (χ1v) is 9.25. The van der Waals surface area contributed by atoms with Gasteiger partial charge in [0.25, 0.3) is 0 Å². The van der Waals surface area contributed by atoms with Gasteiger partial charge < -0.3 is 4.74 Å². The van der Waals surface area contributed by atoms with Gasteiger partial charge in [-0.05, 0) is 48.7 Å². The normalized spacial score (nSPS) is 11.0. The Morgan fingerprint density at radius 3 is 2.66 bits per heavy atom. The monoisotopic (exact) mass is 390 g/mol. The smallest absolute Gasteiger partial charge is 0.337 e. The van der Waals surface area contributed by atoms with Crippen molar-refractivity contribution >= 4 is 16.9 Å². The lowest BCUT2D eigenvalue weighted by Gasteiger charge is -2.06. The van der Waals surface area contributed by atoms with E-state index in [9.17, 15) is 9.18 Å². The summed E-state index contributed by atoms with van der Waals surface area (Å²) in [5.41, 5.74) is 3.71. The molecule has 146 valence electrons. The third-order valence-electron chi connectivity index (χ3n) is 4.72. The SMILES string of the molecule is COC(=O)c1ccnc(-c2cc3cnn(CCCc4ccc(F)cc4)c3cn2)c1. The van der Waals surface area contributed by atoms with Gasteiger partial charge in [0, 0.05) is 18.1 Å². The fourth-order valence-corrected chi connectivity index (χ4v) is 3.19. The number of rotatable bonds is 6. The quantitative estimate of drug-likeness (QED) is 0.465. The Balaban J connectivity index is 1.50. The van der Waals surface area contributed by atoms with Crippen molar-refractivity contribution in [3.8, 4) is 11.4 Å². The van der Waals surface area contributed by atoms with Crippen LogP contribution in [-0.4, -0.2) is 32.8 Å². The van der Waals surface area contributed by atoms with Crippen molar-refractivity contribution in [2.75, 3.05) is 7.11 Å². The molecule has 0 spiro atoms.